The lowest BCUT2D eigenvalue weighted by Crippen LogP contribution is -2.63. The summed E-state index contributed by atoms with van der Waals surface area (Å²) < 4.78 is 10.4. The number of fused-ring (bicyclic) bond motifs is 3. The van der Waals surface area contributed by atoms with Gasteiger partial charge >= 0.3 is 12.1 Å². The number of aliphatic hydroxyl groups excluding tert-OH is 2. The number of carbonyl (C=O) groups is 5. The topological polar surface area (TPSA) is 217 Å². The standard InChI is InChI=1S/C37H51N3O11/c1-17(2)20-12-19(14-40(15-35(3,4)5)34(48)51-16-50-33(47)36(6,7)8)27(41)24-21(20)11-18-13-22-26(39(9)10)29(43)25(32(38)46)31(45)37(22,49)30(44)23(18)28(24)42/h12,17-18,22,26,41,43-44,49H,11,13-16H2,1-10H3,(H2,38,46)/t18-,22-,26-,37-/m0/s1. The monoisotopic (exact) mass is 713 g/mol. The summed E-state index contributed by atoms with van der Waals surface area (Å²) in [6.45, 7) is 13.8. The first-order valence-electron chi connectivity index (χ1n) is 17.0. The summed E-state index contributed by atoms with van der Waals surface area (Å²) >= 11 is 0. The van der Waals surface area contributed by atoms with Crippen LogP contribution >= 0.6 is 0 Å². The quantitative estimate of drug-likeness (QED) is 0.148. The zero-order chi connectivity index (χ0) is 38.7. The number of aromatic hydroxyl groups is 1. The molecule has 0 unspecified atom stereocenters. The molecule has 0 spiro atoms. The van der Waals surface area contributed by atoms with E-state index in [1.165, 1.54) is 9.80 Å². The molecule has 3 aliphatic rings. The van der Waals surface area contributed by atoms with E-state index in [4.69, 9.17) is 15.2 Å². The highest BCUT2D eigenvalue weighted by atomic mass is 16.7. The van der Waals surface area contributed by atoms with Gasteiger partial charge in [0, 0.05) is 23.6 Å². The number of benzene rings is 1. The van der Waals surface area contributed by atoms with Crippen LogP contribution in [-0.4, -0.2) is 98.8 Å². The average Bonchev–Trinajstić information content (AvgIpc) is 2.98. The Morgan fingerprint density at radius 1 is 1.04 bits per heavy atom. The lowest BCUT2D eigenvalue weighted by molar-refractivity contribution is -0.162. The third-order valence-electron chi connectivity index (χ3n) is 9.73. The molecule has 0 bridgehead atoms. The highest BCUT2D eigenvalue weighted by Crippen LogP contribution is 2.53. The number of hydrogen-bond acceptors (Lipinski definition) is 12. The Morgan fingerprint density at radius 2 is 1.65 bits per heavy atom. The number of phenolic OH excluding ortho intramolecular Hbond substituents is 1. The van der Waals surface area contributed by atoms with Crippen LogP contribution in [0.3, 0.4) is 0 Å². The molecule has 4 rings (SSSR count). The zero-order valence-corrected chi connectivity index (χ0v) is 31.0. The van der Waals surface area contributed by atoms with Gasteiger partial charge in [-0.15, -0.1) is 0 Å². The maximum absolute atomic E-state index is 14.4. The van der Waals surface area contributed by atoms with Crippen molar-refractivity contribution in [3.63, 3.8) is 0 Å². The van der Waals surface area contributed by atoms with Crippen molar-refractivity contribution < 1.29 is 53.9 Å². The molecule has 0 aromatic heterocycles. The largest absolute Gasteiger partial charge is 0.510 e. The van der Waals surface area contributed by atoms with Crippen molar-refractivity contribution in [1.29, 1.82) is 0 Å². The highest BCUT2D eigenvalue weighted by Gasteiger charge is 2.63. The first-order valence-corrected chi connectivity index (χ1v) is 17.0. The van der Waals surface area contributed by atoms with Gasteiger partial charge < -0.3 is 40.5 Å². The number of allylic oxidation sites excluding steroid dienone is 1. The number of ether oxygens (including phenoxy) is 2. The fraction of sp³-hybridized carbons (Fsp3) is 0.595. The molecule has 1 aromatic rings. The molecule has 3 aliphatic carbocycles. The molecule has 14 nitrogen and oxygen atoms in total. The van der Waals surface area contributed by atoms with Gasteiger partial charge in [-0.2, -0.15) is 0 Å². The number of amides is 2. The minimum absolute atomic E-state index is 0.0310. The number of esters is 1. The fourth-order valence-electron chi connectivity index (χ4n) is 7.45. The molecule has 0 saturated heterocycles. The minimum atomic E-state index is -2.76. The molecule has 2 amide bonds. The lowest BCUT2D eigenvalue weighted by atomic mass is 9.58. The fourth-order valence-corrected chi connectivity index (χ4v) is 7.45. The molecule has 1 aromatic carbocycles. The van der Waals surface area contributed by atoms with Crippen LogP contribution in [0.25, 0.3) is 0 Å². The smallest absolute Gasteiger partial charge is 0.412 e. The van der Waals surface area contributed by atoms with Gasteiger partial charge in [0.05, 0.1) is 23.6 Å². The molecule has 0 radical (unpaired) electrons. The van der Waals surface area contributed by atoms with Crippen molar-refractivity contribution in [3.05, 3.63) is 51.0 Å². The summed E-state index contributed by atoms with van der Waals surface area (Å²) in [4.78, 5) is 68.8. The van der Waals surface area contributed by atoms with E-state index in [1.807, 2.05) is 34.6 Å². The van der Waals surface area contributed by atoms with E-state index >= 15 is 0 Å². The Bertz CT molecular complexity index is 1730. The Hall–Kier alpha value is -4.43. The van der Waals surface area contributed by atoms with E-state index < -0.39 is 93.5 Å². The number of Topliss-reactive ketones (excluding diaryl/α,β-unsaturated/α-hetero) is 2. The van der Waals surface area contributed by atoms with Crippen molar-refractivity contribution in [2.75, 3.05) is 27.4 Å². The normalized spacial score (nSPS) is 23.6. The van der Waals surface area contributed by atoms with E-state index in [0.29, 0.717) is 11.1 Å². The van der Waals surface area contributed by atoms with Crippen molar-refractivity contribution in [2.45, 2.75) is 92.3 Å². The van der Waals surface area contributed by atoms with Gasteiger partial charge in [-0.25, -0.2) is 4.79 Å². The first-order chi connectivity index (χ1) is 23.3. The Morgan fingerprint density at radius 3 is 2.16 bits per heavy atom. The minimum Gasteiger partial charge on any atom is -0.510 e. The molecular formula is C37H51N3O11. The molecule has 0 fully saturated rings. The number of carbonyl (C=O) groups excluding carboxylic acids is 5. The van der Waals surface area contributed by atoms with Crippen LogP contribution in [0.2, 0.25) is 0 Å². The van der Waals surface area contributed by atoms with Gasteiger partial charge in [0.25, 0.3) is 5.91 Å². The predicted molar refractivity (Wildman–Crippen MR) is 185 cm³/mol. The van der Waals surface area contributed by atoms with E-state index in [9.17, 15) is 44.4 Å². The molecule has 0 heterocycles. The van der Waals surface area contributed by atoms with Gasteiger partial charge in [-0.1, -0.05) is 34.6 Å². The number of aliphatic hydroxyl groups is 3. The summed E-state index contributed by atoms with van der Waals surface area (Å²) in [7, 11) is 3.14. The van der Waals surface area contributed by atoms with Gasteiger partial charge in [-0.3, -0.25) is 24.1 Å². The number of likely N-dealkylation sites (N-methyl/N-ethyl adjacent to an activating group) is 1. The maximum atomic E-state index is 14.4. The van der Waals surface area contributed by atoms with Gasteiger partial charge in [0.1, 0.15) is 22.8 Å². The van der Waals surface area contributed by atoms with Crippen molar-refractivity contribution >= 4 is 29.5 Å². The van der Waals surface area contributed by atoms with E-state index in [-0.39, 0.29) is 48.5 Å². The third kappa shape index (κ3) is 7.08. The SMILES string of the molecule is CC(C)c1cc(CN(CC(C)(C)C)C(=O)OCOC(=O)C(C)(C)C)c(O)c2c1C[C@H]1C[C@H]3[C@H](N(C)C)C(O)=C(C(N)=O)C(=O)[C@@]3(O)C(O)=C1C2=O. The molecule has 280 valence electrons. The van der Waals surface area contributed by atoms with E-state index in [2.05, 4.69) is 0 Å². The number of primary amides is 1. The van der Waals surface area contributed by atoms with Crippen molar-refractivity contribution in [3.8, 4) is 5.75 Å². The third-order valence-corrected chi connectivity index (χ3v) is 9.73. The summed E-state index contributed by atoms with van der Waals surface area (Å²) in [6.07, 6.45) is -0.713. The predicted octanol–water partition coefficient (Wildman–Crippen LogP) is 3.78. The summed E-state index contributed by atoms with van der Waals surface area (Å²) in [5.41, 5.74) is 1.55. The van der Waals surface area contributed by atoms with Crippen LogP contribution in [0.15, 0.2) is 28.7 Å². The molecule has 4 atom stereocenters. The molecule has 14 heteroatoms. The second-order valence-corrected chi connectivity index (χ2v) is 16.6. The van der Waals surface area contributed by atoms with Crippen LogP contribution in [0.1, 0.15) is 94.8 Å². The molecule has 6 N–H and O–H groups in total. The number of nitrogens with two attached hydrogens (primary N) is 1. The van der Waals surface area contributed by atoms with Crippen molar-refractivity contribution in [1.82, 2.24) is 9.80 Å². The average molecular weight is 714 g/mol. The van der Waals surface area contributed by atoms with Crippen molar-refractivity contribution in [2.24, 2.45) is 28.4 Å². The van der Waals surface area contributed by atoms with Gasteiger partial charge in [0.15, 0.2) is 11.4 Å². The highest BCUT2D eigenvalue weighted by molar-refractivity contribution is 6.24. The number of hydrogen-bond donors (Lipinski definition) is 5. The van der Waals surface area contributed by atoms with Gasteiger partial charge in [0.2, 0.25) is 12.6 Å². The summed E-state index contributed by atoms with van der Waals surface area (Å²) in [5.74, 6) is -8.07. The zero-order valence-electron chi connectivity index (χ0n) is 31.0. The van der Waals surface area contributed by atoms with Crippen LogP contribution in [0.4, 0.5) is 4.79 Å². The number of phenols is 1. The molecule has 0 saturated carbocycles. The Labute approximate surface area is 297 Å². The Kier molecular flexibility index (Phi) is 10.5. The van der Waals surface area contributed by atoms with Crippen LogP contribution < -0.4 is 5.73 Å². The lowest BCUT2D eigenvalue weighted by Gasteiger charge is -2.50. The van der Waals surface area contributed by atoms with Crippen LogP contribution in [-0.2, 0) is 36.8 Å². The van der Waals surface area contributed by atoms with Crippen LogP contribution in [0, 0.1) is 22.7 Å². The first kappa shape index (κ1) is 39.4. The summed E-state index contributed by atoms with van der Waals surface area (Å²) in [5, 5.41) is 46.4. The van der Waals surface area contributed by atoms with E-state index in [1.54, 1.807) is 40.9 Å². The van der Waals surface area contributed by atoms with Gasteiger partial charge in [-0.05, 0) is 82.2 Å². The second-order valence-electron chi connectivity index (χ2n) is 16.6. The van der Waals surface area contributed by atoms with E-state index in [0.717, 1.165) is 0 Å². The summed E-state index contributed by atoms with van der Waals surface area (Å²) in [6, 6.07) is 0.629. The maximum Gasteiger partial charge on any atom is 0.412 e. The molecule has 0 aliphatic heterocycles. The molecule has 51 heavy (non-hydrogen) atoms. The second kappa shape index (κ2) is 13.6. The number of ketones is 2. The number of rotatable bonds is 8. The Balaban J connectivity index is 1.81. The van der Waals surface area contributed by atoms with Crippen LogP contribution in [0.5, 0.6) is 5.75 Å². The molecular weight excluding hydrogens is 662 g/mol. The number of nitrogens with zero attached hydrogens (tertiary/aromatic N) is 2.